The highest BCUT2D eigenvalue weighted by molar-refractivity contribution is 4.91. The van der Waals surface area contributed by atoms with Crippen LogP contribution in [0.25, 0.3) is 0 Å². The molecule has 1 rings (SSSR count). The Labute approximate surface area is 88.4 Å². The van der Waals surface area contributed by atoms with Gasteiger partial charge in [0.25, 0.3) is 0 Å². The summed E-state index contributed by atoms with van der Waals surface area (Å²) in [5.41, 5.74) is 5.83. The van der Waals surface area contributed by atoms with E-state index in [2.05, 4.69) is 10.1 Å². The number of hydrogen-bond donors (Lipinski definition) is 2. The third kappa shape index (κ3) is 3.94. The summed E-state index contributed by atoms with van der Waals surface area (Å²) in [6.07, 6.45) is 2.00. The summed E-state index contributed by atoms with van der Waals surface area (Å²) in [5, 5.41) is 12.4. The first-order chi connectivity index (χ1) is 7.27. The second-order valence-corrected chi connectivity index (χ2v) is 3.26. The first-order valence-electron chi connectivity index (χ1n) is 4.95. The van der Waals surface area contributed by atoms with Crippen LogP contribution in [0, 0.1) is 0 Å². The molecule has 0 bridgehead atoms. The standard InChI is InChI=1S/C9H17N3O3/c1-14-6-2-3-7(10)9-11-8(4-5-13)12-15-9/h7,13H,2-6,10H2,1H3. The first-order valence-corrected chi connectivity index (χ1v) is 4.95. The highest BCUT2D eigenvalue weighted by Gasteiger charge is 2.13. The van der Waals surface area contributed by atoms with Gasteiger partial charge in [0, 0.05) is 20.1 Å². The van der Waals surface area contributed by atoms with Crippen LogP contribution in [0.1, 0.15) is 30.6 Å². The van der Waals surface area contributed by atoms with Crippen LogP contribution in [0.4, 0.5) is 0 Å². The Morgan fingerprint density at radius 2 is 2.40 bits per heavy atom. The summed E-state index contributed by atoms with van der Waals surface area (Å²) >= 11 is 0. The monoisotopic (exact) mass is 215 g/mol. The van der Waals surface area contributed by atoms with Crippen LogP contribution >= 0.6 is 0 Å². The lowest BCUT2D eigenvalue weighted by atomic mass is 10.2. The van der Waals surface area contributed by atoms with E-state index in [1.807, 2.05) is 0 Å². The van der Waals surface area contributed by atoms with Gasteiger partial charge in [0.2, 0.25) is 5.89 Å². The Balaban J connectivity index is 2.39. The minimum atomic E-state index is -0.250. The van der Waals surface area contributed by atoms with E-state index in [-0.39, 0.29) is 12.6 Å². The van der Waals surface area contributed by atoms with Gasteiger partial charge in [0.05, 0.1) is 12.6 Å². The molecule has 86 valence electrons. The molecule has 0 saturated heterocycles. The Bertz CT molecular complexity index is 277. The van der Waals surface area contributed by atoms with Crippen molar-refractivity contribution in [2.24, 2.45) is 5.73 Å². The fourth-order valence-electron chi connectivity index (χ4n) is 1.19. The van der Waals surface area contributed by atoms with E-state index in [0.717, 1.165) is 12.8 Å². The van der Waals surface area contributed by atoms with Crippen molar-refractivity contribution in [2.75, 3.05) is 20.3 Å². The molecule has 0 aliphatic carbocycles. The van der Waals surface area contributed by atoms with E-state index >= 15 is 0 Å². The zero-order chi connectivity index (χ0) is 11.1. The maximum atomic E-state index is 8.67. The Morgan fingerprint density at radius 3 is 3.07 bits per heavy atom. The Hall–Kier alpha value is -0.980. The molecule has 0 aromatic carbocycles. The normalized spacial score (nSPS) is 13.0. The zero-order valence-corrected chi connectivity index (χ0v) is 8.85. The smallest absolute Gasteiger partial charge is 0.243 e. The fraction of sp³-hybridized carbons (Fsp3) is 0.778. The molecule has 0 spiro atoms. The SMILES string of the molecule is COCCCC(N)c1nc(CCO)no1. The summed E-state index contributed by atoms with van der Waals surface area (Å²) in [6.45, 7) is 0.684. The molecule has 0 fully saturated rings. The predicted molar refractivity (Wildman–Crippen MR) is 53.1 cm³/mol. The number of aliphatic hydroxyl groups is 1. The molecule has 0 aliphatic heterocycles. The van der Waals surface area contributed by atoms with Crippen molar-refractivity contribution in [3.05, 3.63) is 11.7 Å². The topological polar surface area (TPSA) is 94.4 Å². The summed E-state index contributed by atoms with van der Waals surface area (Å²) in [7, 11) is 1.65. The molecule has 1 unspecified atom stereocenters. The van der Waals surface area contributed by atoms with Gasteiger partial charge in [0.15, 0.2) is 5.82 Å². The van der Waals surface area contributed by atoms with Crippen molar-refractivity contribution in [1.29, 1.82) is 0 Å². The van der Waals surface area contributed by atoms with Crippen molar-refractivity contribution in [1.82, 2.24) is 10.1 Å². The van der Waals surface area contributed by atoms with Gasteiger partial charge in [-0.2, -0.15) is 4.98 Å². The molecule has 1 atom stereocenters. The molecular formula is C9H17N3O3. The van der Waals surface area contributed by atoms with E-state index in [9.17, 15) is 0 Å². The summed E-state index contributed by atoms with van der Waals surface area (Å²) in [5.74, 6) is 0.921. The molecular weight excluding hydrogens is 198 g/mol. The second kappa shape index (κ2) is 6.49. The van der Waals surface area contributed by atoms with Crippen LogP contribution in [0.2, 0.25) is 0 Å². The predicted octanol–water partition coefficient (Wildman–Crippen LogP) is 0.0308. The number of hydrogen-bond acceptors (Lipinski definition) is 6. The Kier molecular flexibility index (Phi) is 5.23. The number of methoxy groups -OCH3 is 1. The van der Waals surface area contributed by atoms with Gasteiger partial charge < -0.3 is 20.1 Å². The molecule has 0 amide bonds. The minimum Gasteiger partial charge on any atom is -0.396 e. The molecule has 0 saturated carbocycles. The van der Waals surface area contributed by atoms with Crippen LogP contribution in [0.5, 0.6) is 0 Å². The van der Waals surface area contributed by atoms with Gasteiger partial charge in [-0.25, -0.2) is 0 Å². The average Bonchev–Trinajstić information content (AvgIpc) is 2.67. The lowest BCUT2D eigenvalue weighted by molar-refractivity contribution is 0.188. The number of rotatable bonds is 7. The van der Waals surface area contributed by atoms with E-state index < -0.39 is 0 Å². The molecule has 6 heteroatoms. The molecule has 0 radical (unpaired) electrons. The molecule has 6 nitrogen and oxygen atoms in total. The number of nitrogens with zero attached hydrogens (tertiary/aromatic N) is 2. The van der Waals surface area contributed by atoms with Crippen LogP contribution in [0.3, 0.4) is 0 Å². The number of nitrogens with two attached hydrogens (primary N) is 1. The van der Waals surface area contributed by atoms with Crippen LogP contribution in [-0.4, -0.2) is 35.6 Å². The van der Waals surface area contributed by atoms with Gasteiger partial charge >= 0.3 is 0 Å². The third-order valence-electron chi connectivity index (χ3n) is 2.00. The second-order valence-electron chi connectivity index (χ2n) is 3.26. The molecule has 0 aliphatic rings. The van der Waals surface area contributed by atoms with E-state index in [0.29, 0.717) is 24.7 Å². The maximum Gasteiger partial charge on any atom is 0.243 e. The fourth-order valence-corrected chi connectivity index (χ4v) is 1.19. The zero-order valence-electron chi connectivity index (χ0n) is 8.85. The van der Waals surface area contributed by atoms with E-state index in [1.165, 1.54) is 0 Å². The van der Waals surface area contributed by atoms with Gasteiger partial charge in [-0.1, -0.05) is 5.16 Å². The van der Waals surface area contributed by atoms with Gasteiger partial charge in [-0.3, -0.25) is 0 Å². The van der Waals surface area contributed by atoms with Crippen LogP contribution in [-0.2, 0) is 11.2 Å². The summed E-state index contributed by atoms with van der Waals surface area (Å²) < 4.78 is 9.89. The number of ether oxygens (including phenoxy) is 1. The lowest BCUT2D eigenvalue weighted by Crippen LogP contribution is -2.11. The molecule has 15 heavy (non-hydrogen) atoms. The quantitative estimate of drug-likeness (QED) is 0.623. The van der Waals surface area contributed by atoms with Gasteiger partial charge in [-0.05, 0) is 12.8 Å². The summed E-state index contributed by atoms with van der Waals surface area (Å²) in [6, 6.07) is -0.250. The third-order valence-corrected chi connectivity index (χ3v) is 2.00. The first kappa shape index (κ1) is 12.1. The largest absolute Gasteiger partial charge is 0.396 e. The number of aliphatic hydroxyl groups excluding tert-OH is 1. The highest BCUT2D eigenvalue weighted by atomic mass is 16.5. The Morgan fingerprint density at radius 1 is 1.60 bits per heavy atom. The molecule has 1 heterocycles. The molecule has 1 aromatic heterocycles. The highest BCUT2D eigenvalue weighted by Crippen LogP contribution is 2.13. The van der Waals surface area contributed by atoms with Crippen LogP contribution < -0.4 is 5.73 Å². The molecule has 1 aromatic rings. The maximum absolute atomic E-state index is 8.67. The van der Waals surface area contributed by atoms with Crippen molar-refractivity contribution in [3.63, 3.8) is 0 Å². The van der Waals surface area contributed by atoms with Crippen molar-refractivity contribution in [3.8, 4) is 0 Å². The van der Waals surface area contributed by atoms with Crippen LogP contribution in [0.15, 0.2) is 4.52 Å². The van der Waals surface area contributed by atoms with E-state index in [4.69, 9.17) is 20.1 Å². The van der Waals surface area contributed by atoms with Crippen molar-refractivity contribution < 1.29 is 14.4 Å². The lowest BCUT2D eigenvalue weighted by Gasteiger charge is -2.04. The van der Waals surface area contributed by atoms with Gasteiger partial charge in [-0.15, -0.1) is 0 Å². The number of aromatic nitrogens is 2. The van der Waals surface area contributed by atoms with E-state index in [1.54, 1.807) is 7.11 Å². The average molecular weight is 215 g/mol. The summed E-state index contributed by atoms with van der Waals surface area (Å²) in [4.78, 5) is 4.08. The van der Waals surface area contributed by atoms with Crippen molar-refractivity contribution >= 4 is 0 Å². The van der Waals surface area contributed by atoms with Gasteiger partial charge in [0.1, 0.15) is 0 Å². The minimum absolute atomic E-state index is 0.0118. The van der Waals surface area contributed by atoms with Crippen molar-refractivity contribution in [2.45, 2.75) is 25.3 Å². The molecule has 3 N–H and O–H groups in total.